The molecule has 0 unspecified atom stereocenters. The molecule has 138 valence electrons. The SMILES string of the molecule is COc1cccc(-c2ccc(=O)n(CC(=O)NCCc3ccccc3)n2)c1. The zero-order chi connectivity index (χ0) is 19.1. The van der Waals surface area contributed by atoms with Crippen molar-refractivity contribution in [1.82, 2.24) is 15.1 Å². The molecule has 1 amide bonds. The van der Waals surface area contributed by atoms with Crippen LogP contribution < -0.4 is 15.6 Å². The van der Waals surface area contributed by atoms with Crippen LogP contribution in [0.4, 0.5) is 0 Å². The summed E-state index contributed by atoms with van der Waals surface area (Å²) in [5.74, 6) is 0.453. The maximum Gasteiger partial charge on any atom is 0.267 e. The first-order valence-electron chi connectivity index (χ1n) is 8.69. The first kappa shape index (κ1) is 18.4. The highest BCUT2D eigenvalue weighted by molar-refractivity contribution is 5.75. The Morgan fingerprint density at radius 3 is 2.67 bits per heavy atom. The molecular weight excluding hydrogens is 342 g/mol. The quantitative estimate of drug-likeness (QED) is 0.699. The Morgan fingerprint density at radius 2 is 1.89 bits per heavy atom. The van der Waals surface area contributed by atoms with E-state index in [9.17, 15) is 9.59 Å². The fraction of sp³-hybridized carbons (Fsp3) is 0.190. The highest BCUT2D eigenvalue weighted by Gasteiger charge is 2.08. The molecule has 0 aliphatic rings. The second-order valence-corrected chi connectivity index (χ2v) is 6.03. The molecule has 0 atom stereocenters. The Bertz CT molecular complexity index is 968. The lowest BCUT2D eigenvalue weighted by Crippen LogP contribution is -2.34. The van der Waals surface area contributed by atoms with Crippen molar-refractivity contribution in [2.75, 3.05) is 13.7 Å². The minimum absolute atomic E-state index is 0.120. The van der Waals surface area contributed by atoms with Crippen LogP contribution in [0.3, 0.4) is 0 Å². The molecule has 6 nitrogen and oxygen atoms in total. The van der Waals surface area contributed by atoms with Crippen molar-refractivity contribution >= 4 is 5.91 Å². The molecule has 0 spiro atoms. The van der Waals surface area contributed by atoms with Gasteiger partial charge < -0.3 is 10.1 Å². The third-order valence-electron chi connectivity index (χ3n) is 4.10. The predicted molar refractivity (Wildman–Crippen MR) is 104 cm³/mol. The van der Waals surface area contributed by atoms with E-state index in [1.807, 2.05) is 54.6 Å². The number of aromatic nitrogens is 2. The van der Waals surface area contributed by atoms with Gasteiger partial charge in [-0.2, -0.15) is 5.10 Å². The van der Waals surface area contributed by atoms with E-state index in [0.29, 0.717) is 18.0 Å². The first-order chi connectivity index (χ1) is 13.2. The summed E-state index contributed by atoms with van der Waals surface area (Å²) in [5.41, 5.74) is 2.24. The van der Waals surface area contributed by atoms with E-state index in [1.165, 1.54) is 10.7 Å². The predicted octanol–water partition coefficient (Wildman–Crippen LogP) is 2.28. The van der Waals surface area contributed by atoms with Crippen LogP contribution in [-0.4, -0.2) is 29.3 Å². The third-order valence-corrected chi connectivity index (χ3v) is 4.10. The number of ether oxygens (including phenoxy) is 1. The van der Waals surface area contributed by atoms with Gasteiger partial charge in [-0.1, -0.05) is 42.5 Å². The highest BCUT2D eigenvalue weighted by Crippen LogP contribution is 2.20. The summed E-state index contributed by atoms with van der Waals surface area (Å²) < 4.78 is 6.39. The topological polar surface area (TPSA) is 73.2 Å². The monoisotopic (exact) mass is 363 g/mol. The molecule has 2 aromatic carbocycles. The Morgan fingerprint density at radius 1 is 1.07 bits per heavy atom. The fourth-order valence-corrected chi connectivity index (χ4v) is 2.68. The molecule has 3 aromatic rings. The van der Waals surface area contributed by atoms with Crippen molar-refractivity contribution in [3.8, 4) is 17.0 Å². The Kier molecular flexibility index (Phi) is 5.99. The van der Waals surface area contributed by atoms with Gasteiger partial charge in [0.05, 0.1) is 12.8 Å². The van der Waals surface area contributed by atoms with E-state index in [1.54, 1.807) is 13.2 Å². The van der Waals surface area contributed by atoms with Gasteiger partial charge in [0.15, 0.2) is 0 Å². The molecule has 3 rings (SSSR count). The van der Waals surface area contributed by atoms with Crippen LogP contribution in [0.15, 0.2) is 71.5 Å². The van der Waals surface area contributed by atoms with E-state index < -0.39 is 0 Å². The van der Waals surface area contributed by atoms with E-state index in [0.717, 1.165) is 17.5 Å². The van der Waals surface area contributed by atoms with Gasteiger partial charge >= 0.3 is 0 Å². The number of rotatable bonds is 7. The molecule has 1 heterocycles. The van der Waals surface area contributed by atoms with Crippen LogP contribution in [0.25, 0.3) is 11.3 Å². The number of methoxy groups -OCH3 is 1. The number of carbonyl (C=O) groups excluding carboxylic acids is 1. The molecule has 1 aromatic heterocycles. The maximum absolute atomic E-state index is 12.2. The summed E-state index contributed by atoms with van der Waals surface area (Å²) in [4.78, 5) is 24.2. The smallest absolute Gasteiger partial charge is 0.267 e. The summed E-state index contributed by atoms with van der Waals surface area (Å²) in [6, 6.07) is 20.3. The molecule has 0 bridgehead atoms. The summed E-state index contributed by atoms with van der Waals surface area (Å²) in [5, 5.41) is 7.14. The molecule has 0 aliphatic heterocycles. The second kappa shape index (κ2) is 8.80. The van der Waals surface area contributed by atoms with Gasteiger partial charge in [0, 0.05) is 18.2 Å². The molecule has 0 aliphatic carbocycles. The van der Waals surface area contributed by atoms with Crippen LogP contribution in [-0.2, 0) is 17.8 Å². The van der Waals surface area contributed by atoms with E-state index in [2.05, 4.69) is 10.4 Å². The van der Waals surface area contributed by atoms with Crippen LogP contribution in [0.1, 0.15) is 5.56 Å². The Labute approximate surface area is 157 Å². The van der Waals surface area contributed by atoms with Crippen molar-refractivity contribution in [3.63, 3.8) is 0 Å². The summed E-state index contributed by atoms with van der Waals surface area (Å²) in [6.45, 7) is 0.388. The van der Waals surface area contributed by atoms with Gasteiger partial charge in [-0.3, -0.25) is 9.59 Å². The summed E-state index contributed by atoms with van der Waals surface area (Å²) >= 11 is 0. The number of benzene rings is 2. The number of amides is 1. The van der Waals surface area contributed by atoms with Crippen LogP contribution in [0.5, 0.6) is 5.75 Å². The van der Waals surface area contributed by atoms with Crippen LogP contribution in [0.2, 0.25) is 0 Å². The van der Waals surface area contributed by atoms with Gasteiger partial charge in [-0.15, -0.1) is 0 Å². The summed E-state index contributed by atoms with van der Waals surface area (Å²) in [6.07, 6.45) is 0.735. The van der Waals surface area contributed by atoms with Gasteiger partial charge in [0.1, 0.15) is 12.3 Å². The fourth-order valence-electron chi connectivity index (χ4n) is 2.68. The average molecular weight is 363 g/mol. The lowest BCUT2D eigenvalue weighted by molar-refractivity contribution is -0.121. The molecule has 1 N–H and O–H groups in total. The number of carbonyl (C=O) groups is 1. The lowest BCUT2D eigenvalue weighted by Gasteiger charge is -2.09. The molecule has 0 saturated carbocycles. The largest absolute Gasteiger partial charge is 0.497 e. The zero-order valence-electron chi connectivity index (χ0n) is 15.1. The number of nitrogens with one attached hydrogen (secondary N) is 1. The Hall–Kier alpha value is -3.41. The van der Waals surface area contributed by atoms with E-state index >= 15 is 0 Å². The minimum Gasteiger partial charge on any atom is -0.497 e. The first-order valence-corrected chi connectivity index (χ1v) is 8.69. The number of nitrogens with zero attached hydrogens (tertiary/aromatic N) is 2. The van der Waals surface area contributed by atoms with Gasteiger partial charge in [-0.25, -0.2) is 4.68 Å². The van der Waals surface area contributed by atoms with Crippen LogP contribution in [0, 0.1) is 0 Å². The minimum atomic E-state index is -0.320. The van der Waals surface area contributed by atoms with E-state index in [-0.39, 0.29) is 18.0 Å². The average Bonchev–Trinajstić information content (AvgIpc) is 2.70. The van der Waals surface area contributed by atoms with Gasteiger partial charge in [0.2, 0.25) is 5.91 Å². The van der Waals surface area contributed by atoms with Crippen molar-refractivity contribution in [1.29, 1.82) is 0 Å². The molecule has 0 radical (unpaired) electrons. The molecule has 6 heteroatoms. The highest BCUT2D eigenvalue weighted by atomic mass is 16.5. The van der Waals surface area contributed by atoms with Gasteiger partial charge in [0.25, 0.3) is 5.56 Å². The van der Waals surface area contributed by atoms with Crippen molar-refractivity contribution < 1.29 is 9.53 Å². The molecule has 0 saturated heterocycles. The van der Waals surface area contributed by atoms with Crippen LogP contribution >= 0.6 is 0 Å². The van der Waals surface area contributed by atoms with Crippen molar-refractivity contribution in [2.45, 2.75) is 13.0 Å². The second-order valence-electron chi connectivity index (χ2n) is 6.03. The molecule has 0 fully saturated rings. The Balaban J connectivity index is 1.65. The molecular formula is C21H21N3O3. The number of hydrogen-bond acceptors (Lipinski definition) is 4. The van der Waals surface area contributed by atoms with Gasteiger partial charge in [-0.05, 0) is 30.2 Å². The maximum atomic E-state index is 12.2. The number of hydrogen-bond donors (Lipinski definition) is 1. The van der Waals surface area contributed by atoms with E-state index in [4.69, 9.17) is 4.74 Å². The standard InChI is InChI=1S/C21H21N3O3/c1-27-18-9-5-8-17(14-18)19-10-11-21(26)24(23-19)15-20(25)22-13-12-16-6-3-2-4-7-16/h2-11,14H,12-13,15H2,1H3,(H,22,25). The lowest BCUT2D eigenvalue weighted by atomic mass is 10.1. The van der Waals surface area contributed by atoms with Crippen molar-refractivity contribution in [2.24, 2.45) is 0 Å². The summed E-state index contributed by atoms with van der Waals surface area (Å²) in [7, 11) is 1.59. The third kappa shape index (κ3) is 5.04. The zero-order valence-corrected chi connectivity index (χ0v) is 15.1. The van der Waals surface area contributed by atoms with Crippen molar-refractivity contribution in [3.05, 3.63) is 82.6 Å². The molecule has 27 heavy (non-hydrogen) atoms. The normalized spacial score (nSPS) is 10.4.